The zero-order valence-corrected chi connectivity index (χ0v) is 10.5. The minimum atomic E-state index is -0.596. The average Bonchev–Trinajstić information content (AvgIpc) is 2.35. The number of halogens is 2. The van der Waals surface area contributed by atoms with Crippen molar-refractivity contribution < 1.29 is 13.5 Å². The molecule has 1 aliphatic rings. The summed E-state index contributed by atoms with van der Waals surface area (Å²) in [5.41, 5.74) is 0. The molecule has 0 saturated carbocycles. The van der Waals surface area contributed by atoms with Crippen LogP contribution in [0.25, 0.3) is 0 Å². The highest BCUT2D eigenvalue weighted by atomic mass is 19.1. The van der Waals surface area contributed by atoms with Crippen LogP contribution in [0.4, 0.5) is 8.78 Å². The van der Waals surface area contributed by atoms with Crippen LogP contribution in [0.3, 0.4) is 0 Å². The quantitative estimate of drug-likeness (QED) is 0.749. The molecule has 1 aliphatic heterocycles. The Balaban J connectivity index is 1.68. The summed E-state index contributed by atoms with van der Waals surface area (Å²) >= 11 is 0. The molecule has 0 amide bonds. The van der Waals surface area contributed by atoms with E-state index in [9.17, 15) is 8.78 Å². The Morgan fingerprint density at radius 3 is 2.33 bits per heavy atom. The topological polar surface area (TPSA) is 12.5 Å². The molecule has 1 aromatic rings. The Morgan fingerprint density at radius 2 is 1.67 bits per heavy atom. The van der Waals surface area contributed by atoms with Gasteiger partial charge < -0.3 is 9.64 Å². The molecule has 1 fully saturated rings. The van der Waals surface area contributed by atoms with Crippen molar-refractivity contribution in [1.82, 2.24) is 4.90 Å². The molecule has 0 aliphatic carbocycles. The Bertz CT molecular complexity index is 358. The number of piperidine rings is 1. The van der Waals surface area contributed by atoms with Gasteiger partial charge in [-0.3, -0.25) is 0 Å². The van der Waals surface area contributed by atoms with Crippen LogP contribution < -0.4 is 4.74 Å². The van der Waals surface area contributed by atoms with Crippen LogP contribution in [0.2, 0.25) is 0 Å². The Kier molecular flexibility index (Phi) is 4.93. The van der Waals surface area contributed by atoms with Crippen LogP contribution in [-0.2, 0) is 0 Å². The standard InChI is InChI=1S/C14H19F2NO/c15-12-9-13(16)11-14(10-12)18-8-4-7-17-5-2-1-3-6-17/h9-11H,1-8H2. The smallest absolute Gasteiger partial charge is 0.129 e. The predicted molar refractivity (Wildman–Crippen MR) is 66.8 cm³/mol. The van der Waals surface area contributed by atoms with E-state index < -0.39 is 11.6 Å². The van der Waals surface area contributed by atoms with Crippen molar-refractivity contribution in [3.63, 3.8) is 0 Å². The van der Waals surface area contributed by atoms with Gasteiger partial charge in [-0.05, 0) is 32.4 Å². The van der Waals surface area contributed by atoms with Gasteiger partial charge in [-0.25, -0.2) is 8.78 Å². The number of rotatable bonds is 5. The molecular formula is C14H19F2NO. The molecule has 0 bridgehead atoms. The van der Waals surface area contributed by atoms with Gasteiger partial charge in [-0.1, -0.05) is 6.42 Å². The largest absolute Gasteiger partial charge is 0.493 e. The number of ether oxygens (including phenoxy) is 1. The molecule has 1 heterocycles. The Hall–Kier alpha value is -1.16. The second-order valence-corrected chi connectivity index (χ2v) is 4.71. The van der Waals surface area contributed by atoms with Crippen molar-refractivity contribution in [2.75, 3.05) is 26.2 Å². The molecule has 0 radical (unpaired) electrons. The minimum absolute atomic E-state index is 0.270. The lowest BCUT2D eigenvalue weighted by atomic mass is 10.1. The van der Waals surface area contributed by atoms with Crippen LogP contribution >= 0.6 is 0 Å². The van der Waals surface area contributed by atoms with Crippen molar-refractivity contribution in [2.45, 2.75) is 25.7 Å². The molecule has 4 heteroatoms. The van der Waals surface area contributed by atoms with Crippen LogP contribution in [0.1, 0.15) is 25.7 Å². The summed E-state index contributed by atoms with van der Waals surface area (Å²) in [5.74, 6) is -0.923. The molecule has 2 nitrogen and oxygen atoms in total. The highest BCUT2D eigenvalue weighted by molar-refractivity contribution is 5.23. The summed E-state index contributed by atoms with van der Waals surface area (Å²) < 4.78 is 31.2. The zero-order valence-electron chi connectivity index (χ0n) is 10.5. The summed E-state index contributed by atoms with van der Waals surface area (Å²) in [6.45, 7) is 3.82. The highest BCUT2D eigenvalue weighted by Crippen LogP contribution is 2.15. The van der Waals surface area contributed by atoms with Crippen molar-refractivity contribution in [2.24, 2.45) is 0 Å². The summed E-state index contributed by atoms with van der Waals surface area (Å²) in [6.07, 6.45) is 4.76. The van der Waals surface area contributed by atoms with E-state index in [-0.39, 0.29) is 5.75 Å². The van der Waals surface area contributed by atoms with E-state index >= 15 is 0 Å². The molecule has 18 heavy (non-hydrogen) atoms. The van der Waals surface area contributed by atoms with Gasteiger partial charge >= 0.3 is 0 Å². The normalized spacial score (nSPS) is 16.8. The molecule has 100 valence electrons. The maximum Gasteiger partial charge on any atom is 0.129 e. The fraction of sp³-hybridized carbons (Fsp3) is 0.571. The molecule has 0 unspecified atom stereocenters. The summed E-state index contributed by atoms with van der Waals surface area (Å²) in [5, 5.41) is 0. The van der Waals surface area contributed by atoms with E-state index in [0.29, 0.717) is 6.61 Å². The molecule has 0 spiro atoms. The van der Waals surface area contributed by atoms with Crippen molar-refractivity contribution in [3.8, 4) is 5.75 Å². The van der Waals surface area contributed by atoms with Crippen LogP contribution in [-0.4, -0.2) is 31.1 Å². The monoisotopic (exact) mass is 255 g/mol. The first-order chi connectivity index (χ1) is 8.74. The third kappa shape index (κ3) is 4.26. The summed E-state index contributed by atoms with van der Waals surface area (Å²) in [7, 11) is 0. The maximum atomic E-state index is 12.9. The van der Waals surface area contributed by atoms with E-state index in [1.165, 1.54) is 31.4 Å². The zero-order chi connectivity index (χ0) is 12.8. The molecule has 2 rings (SSSR count). The third-order valence-electron chi connectivity index (χ3n) is 3.17. The lowest BCUT2D eigenvalue weighted by molar-refractivity contribution is 0.204. The van der Waals surface area contributed by atoms with Crippen molar-refractivity contribution in [1.29, 1.82) is 0 Å². The predicted octanol–water partition coefficient (Wildman–Crippen LogP) is 3.22. The third-order valence-corrected chi connectivity index (χ3v) is 3.17. The van der Waals surface area contributed by atoms with Gasteiger partial charge in [-0.2, -0.15) is 0 Å². The Labute approximate surface area is 107 Å². The first-order valence-corrected chi connectivity index (χ1v) is 6.55. The molecule has 0 N–H and O–H groups in total. The molecule has 1 saturated heterocycles. The second-order valence-electron chi connectivity index (χ2n) is 4.71. The average molecular weight is 255 g/mol. The first-order valence-electron chi connectivity index (χ1n) is 6.55. The Morgan fingerprint density at radius 1 is 1.00 bits per heavy atom. The SMILES string of the molecule is Fc1cc(F)cc(OCCCN2CCCCC2)c1. The number of nitrogens with zero attached hydrogens (tertiary/aromatic N) is 1. The molecular weight excluding hydrogens is 236 g/mol. The van der Waals surface area contributed by atoms with E-state index in [4.69, 9.17) is 4.74 Å². The molecule has 1 aromatic carbocycles. The van der Waals surface area contributed by atoms with Crippen LogP contribution in [0.15, 0.2) is 18.2 Å². The van der Waals surface area contributed by atoms with Crippen molar-refractivity contribution >= 4 is 0 Å². The fourth-order valence-electron chi connectivity index (χ4n) is 2.27. The van der Waals surface area contributed by atoms with Gasteiger partial charge in [0.05, 0.1) is 6.61 Å². The van der Waals surface area contributed by atoms with Gasteiger partial charge in [-0.15, -0.1) is 0 Å². The molecule has 0 atom stereocenters. The number of benzene rings is 1. The molecule has 0 aromatic heterocycles. The van der Waals surface area contributed by atoms with Gasteiger partial charge in [0, 0.05) is 24.7 Å². The number of hydrogen-bond donors (Lipinski definition) is 0. The second kappa shape index (κ2) is 6.69. The van der Waals surface area contributed by atoms with E-state index in [1.807, 2.05) is 0 Å². The minimum Gasteiger partial charge on any atom is -0.493 e. The lowest BCUT2D eigenvalue weighted by Crippen LogP contribution is -2.31. The number of likely N-dealkylation sites (tertiary alicyclic amines) is 1. The fourth-order valence-corrected chi connectivity index (χ4v) is 2.27. The van der Waals surface area contributed by atoms with Crippen LogP contribution in [0, 0.1) is 11.6 Å². The van der Waals surface area contributed by atoms with E-state index in [0.717, 1.165) is 32.1 Å². The summed E-state index contributed by atoms with van der Waals surface area (Å²) in [6, 6.07) is 3.27. The van der Waals surface area contributed by atoms with Crippen molar-refractivity contribution in [3.05, 3.63) is 29.8 Å². The van der Waals surface area contributed by atoms with Crippen LogP contribution in [0.5, 0.6) is 5.75 Å². The van der Waals surface area contributed by atoms with E-state index in [2.05, 4.69) is 4.90 Å². The lowest BCUT2D eigenvalue weighted by Gasteiger charge is -2.26. The van der Waals surface area contributed by atoms with Gasteiger partial charge in [0.1, 0.15) is 17.4 Å². The number of hydrogen-bond acceptors (Lipinski definition) is 2. The van der Waals surface area contributed by atoms with Gasteiger partial charge in [0.2, 0.25) is 0 Å². The highest BCUT2D eigenvalue weighted by Gasteiger charge is 2.09. The van der Waals surface area contributed by atoms with Gasteiger partial charge in [0.25, 0.3) is 0 Å². The van der Waals surface area contributed by atoms with E-state index in [1.54, 1.807) is 0 Å². The van der Waals surface area contributed by atoms with Gasteiger partial charge in [0.15, 0.2) is 0 Å². The maximum absolute atomic E-state index is 12.9. The summed E-state index contributed by atoms with van der Waals surface area (Å²) in [4.78, 5) is 2.42. The first kappa shape index (κ1) is 13.3.